The van der Waals surface area contributed by atoms with Crippen molar-refractivity contribution in [2.75, 3.05) is 0 Å². The molecule has 0 bridgehead atoms. The lowest BCUT2D eigenvalue weighted by Gasteiger charge is -2.07. The van der Waals surface area contributed by atoms with Crippen LogP contribution in [0, 0.1) is 10.1 Å². The fourth-order valence-electron chi connectivity index (χ4n) is 1.66. The van der Waals surface area contributed by atoms with Gasteiger partial charge in [0.25, 0.3) is 0 Å². The molecule has 5 nitrogen and oxygen atoms in total. The van der Waals surface area contributed by atoms with E-state index in [0.29, 0.717) is 6.29 Å². The van der Waals surface area contributed by atoms with Gasteiger partial charge in [0.05, 0.1) is 4.92 Å². The van der Waals surface area contributed by atoms with Crippen molar-refractivity contribution in [2.24, 2.45) is 0 Å². The van der Waals surface area contributed by atoms with E-state index in [2.05, 4.69) is 15.9 Å². The van der Waals surface area contributed by atoms with Crippen LogP contribution in [0.25, 0.3) is 0 Å². The number of halogens is 1. The Morgan fingerprint density at radius 2 is 2.05 bits per heavy atom. The molecule has 102 valence electrons. The van der Waals surface area contributed by atoms with Gasteiger partial charge < -0.3 is 4.74 Å². The van der Waals surface area contributed by atoms with Crippen molar-refractivity contribution in [3.8, 4) is 5.75 Å². The Kier molecular flexibility index (Phi) is 4.47. The molecule has 6 heteroatoms. The maximum atomic E-state index is 11.0. The molecule has 0 radical (unpaired) electrons. The highest BCUT2D eigenvalue weighted by Gasteiger charge is 2.16. The van der Waals surface area contributed by atoms with Gasteiger partial charge in [0.15, 0.2) is 5.75 Å². The maximum Gasteiger partial charge on any atom is 0.311 e. The Hall–Kier alpha value is -2.21. The quantitative estimate of drug-likeness (QED) is 0.474. The van der Waals surface area contributed by atoms with Crippen LogP contribution in [0.5, 0.6) is 5.75 Å². The van der Waals surface area contributed by atoms with Gasteiger partial charge in [-0.15, -0.1) is 0 Å². The fourth-order valence-corrected chi connectivity index (χ4v) is 2.11. The molecule has 0 aliphatic carbocycles. The molecule has 2 rings (SSSR count). The summed E-state index contributed by atoms with van der Waals surface area (Å²) in [7, 11) is 0. The highest BCUT2D eigenvalue weighted by atomic mass is 79.9. The Balaban J connectivity index is 2.20. The number of nitrogens with zero attached hydrogens (tertiary/aromatic N) is 1. The molecule has 0 fully saturated rings. The Labute approximate surface area is 123 Å². The fraction of sp³-hybridized carbons (Fsp3) is 0.0714. The SMILES string of the molecule is O=Cc1ccc(OCc2cccc(Br)c2)c([N+](=O)[O-])c1. The second kappa shape index (κ2) is 6.29. The summed E-state index contributed by atoms with van der Waals surface area (Å²) in [6.45, 7) is 0.209. The largest absolute Gasteiger partial charge is 0.482 e. The van der Waals surface area contributed by atoms with Gasteiger partial charge in [-0.25, -0.2) is 0 Å². The van der Waals surface area contributed by atoms with E-state index in [1.54, 1.807) is 0 Å². The lowest BCUT2D eigenvalue weighted by molar-refractivity contribution is -0.386. The van der Waals surface area contributed by atoms with Crippen LogP contribution in [0.4, 0.5) is 5.69 Å². The molecule has 0 N–H and O–H groups in total. The van der Waals surface area contributed by atoms with Crippen molar-refractivity contribution >= 4 is 27.9 Å². The third-order valence-corrected chi connectivity index (χ3v) is 3.09. The summed E-state index contributed by atoms with van der Waals surface area (Å²) in [4.78, 5) is 21.0. The molecule has 0 aromatic heterocycles. The van der Waals surface area contributed by atoms with E-state index in [1.807, 2.05) is 24.3 Å². The maximum absolute atomic E-state index is 11.0. The number of carbonyl (C=O) groups excluding carboxylic acids is 1. The molecular formula is C14H10BrNO4. The summed E-state index contributed by atoms with van der Waals surface area (Å²) in [6.07, 6.45) is 0.561. The molecule has 20 heavy (non-hydrogen) atoms. The van der Waals surface area contributed by atoms with Crippen molar-refractivity contribution in [1.29, 1.82) is 0 Å². The van der Waals surface area contributed by atoms with E-state index in [1.165, 1.54) is 18.2 Å². The van der Waals surface area contributed by atoms with Gasteiger partial charge in [-0.2, -0.15) is 0 Å². The average molecular weight is 336 g/mol. The number of aldehydes is 1. The molecule has 0 saturated carbocycles. The molecule has 2 aromatic carbocycles. The van der Waals surface area contributed by atoms with Crippen LogP contribution in [0.1, 0.15) is 15.9 Å². The minimum atomic E-state index is -0.566. The highest BCUT2D eigenvalue weighted by Crippen LogP contribution is 2.28. The Morgan fingerprint density at radius 3 is 2.70 bits per heavy atom. The van der Waals surface area contributed by atoms with Gasteiger partial charge in [0, 0.05) is 16.1 Å². The zero-order valence-corrected chi connectivity index (χ0v) is 11.9. The van der Waals surface area contributed by atoms with Crippen LogP contribution in [-0.4, -0.2) is 11.2 Å². The topological polar surface area (TPSA) is 69.4 Å². The van der Waals surface area contributed by atoms with Crippen molar-refractivity contribution in [1.82, 2.24) is 0 Å². The first kappa shape index (κ1) is 14.2. The summed E-state index contributed by atoms with van der Waals surface area (Å²) in [5, 5.41) is 11.0. The molecule has 0 unspecified atom stereocenters. The number of ether oxygens (including phenoxy) is 1. The summed E-state index contributed by atoms with van der Waals surface area (Å²) in [5.74, 6) is 0.139. The van der Waals surface area contributed by atoms with Gasteiger partial charge in [0.2, 0.25) is 0 Å². The smallest absolute Gasteiger partial charge is 0.311 e. The van der Waals surface area contributed by atoms with E-state index < -0.39 is 4.92 Å². The summed E-state index contributed by atoms with van der Waals surface area (Å²) in [6, 6.07) is 11.6. The molecular weight excluding hydrogens is 326 g/mol. The van der Waals surface area contributed by atoms with E-state index >= 15 is 0 Å². The molecule has 0 heterocycles. The molecule has 0 saturated heterocycles. The van der Waals surface area contributed by atoms with Gasteiger partial charge in [-0.1, -0.05) is 28.1 Å². The van der Waals surface area contributed by atoms with E-state index in [0.717, 1.165) is 10.0 Å². The molecule has 0 aliphatic heterocycles. The number of nitro groups is 1. The third kappa shape index (κ3) is 3.42. The van der Waals surface area contributed by atoms with Crippen LogP contribution in [0.15, 0.2) is 46.9 Å². The first-order valence-corrected chi connectivity index (χ1v) is 6.50. The van der Waals surface area contributed by atoms with Crippen LogP contribution in [0.3, 0.4) is 0 Å². The van der Waals surface area contributed by atoms with Gasteiger partial charge in [-0.05, 0) is 29.8 Å². The third-order valence-electron chi connectivity index (χ3n) is 2.60. The van der Waals surface area contributed by atoms with Crippen LogP contribution in [0.2, 0.25) is 0 Å². The summed E-state index contributed by atoms with van der Waals surface area (Å²) < 4.78 is 6.37. The second-order valence-electron chi connectivity index (χ2n) is 4.02. The lowest BCUT2D eigenvalue weighted by Crippen LogP contribution is -2.00. The van der Waals surface area contributed by atoms with Crippen molar-refractivity contribution in [3.05, 3.63) is 68.2 Å². The van der Waals surface area contributed by atoms with Crippen molar-refractivity contribution in [2.45, 2.75) is 6.61 Å². The Morgan fingerprint density at radius 1 is 1.25 bits per heavy atom. The number of hydrogen-bond acceptors (Lipinski definition) is 4. The van der Waals surface area contributed by atoms with Crippen LogP contribution < -0.4 is 4.74 Å². The number of hydrogen-bond donors (Lipinski definition) is 0. The van der Waals surface area contributed by atoms with E-state index in [9.17, 15) is 14.9 Å². The lowest BCUT2D eigenvalue weighted by atomic mass is 10.2. The predicted octanol–water partition coefficient (Wildman–Crippen LogP) is 3.75. The molecule has 2 aromatic rings. The number of rotatable bonds is 5. The summed E-state index contributed by atoms with van der Waals surface area (Å²) >= 11 is 3.34. The zero-order chi connectivity index (χ0) is 14.5. The number of carbonyl (C=O) groups is 1. The highest BCUT2D eigenvalue weighted by molar-refractivity contribution is 9.10. The van der Waals surface area contributed by atoms with E-state index in [-0.39, 0.29) is 23.6 Å². The first-order chi connectivity index (χ1) is 9.60. The predicted molar refractivity (Wildman–Crippen MR) is 77.0 cm³/mol. The normalized spacial score (nSPS) is 10.1. The first-order valence-electron chi connectivity index (χ1n) is 5.71. The molecule has 0 spiro atoms. The monoisotopic (exact) mass is 335 g/mol. The minimum Gasteiger partial charge on any atom is -0.482 e. The number of benzene rings is 2. The zero-order valence-electron chi connectivity index (χ0n) is 10.3. The molecule has 0 amide bonds. The Bertz CT molecular complexity index is 657. The van der Waals surface area contributed by atoms with Gasteiger partial charge >= 0.3 is 5.69 Å². The number of nitro benzene ring substituents is 1. The van der Waals surface area contributed by atoms with Gasteiger partial charge in [-0.3, -0.25) is 14.9 Å². The molecule has 0 aliphatic rings. The minimum absolute atomic E-state index is 0.139. The van der Waals surface area contributed by atoms with Crippen molar-refractivity contribution in [3.63, 3.8) is 0 Å². The second-order valence-corrected chi connectivity index (χ2v) is 4.94. The summed E-state index contributed by atoms with van der Waals surface area (Å²) in [5.41, 5.74) is 0.907. The van der Waals surface area contributed by atoms with E-state index in [4.69, 9.17) is 4.74 Å². The van der Waals surface area contributed by atoms with Crippen molar-refractivity contribution < 1.29 is 14.5 Å². The van der Waals surface area contributed by atoms with Gasteiger partial charge in [0.1, 0.15) is 12.9 Å². The van der Waals surface area contributed by atoms with Crippen LogP contribution in [-0.2, 0) is 6.61 Å². The standard InChI is InChI=1S/C14H10BrNO4/c15-12-3-1-2-11(6-12)9-20-14-5-4-10(8-17)7-13(14)16(18)19/h1-8H,9H2. The molecule has 0 atom stereocenters. The average Bonchev–Trinajstić information content (AvgIpc) is 2.45. The van der Waals surface area contributed by atoms with Crippen LogP contribution >= 0.6 is 15.9 Å².